The molecule has 0 aromatic heterocycles. The van der Waals surface area contributed by atoms with E-state index in [4.69, 9.17) is 3.63 Å². The molecule has 2 aliphatic heterocycles. The van der Waals surface area contributed by atoms with Gasteiger partial charge in [-0.25, -0.2) is 0 Å². The average molecular weight is 441 g/mol. The summed E-state index contributed by atoms with van der Waals surface area (Å²) in [7, 11) is 1.72. The smallest absolute Gasteiger partial charge is 0.251 e. The van der Waals surface area contributed by atoms with Crippen LogP contribution in [0.1, 0.15) is 32.1 Å². The Morgan fingerprint density at radius 1 is 1.04 bits per heavy atom. The Morgan fingerprint density at radius 3 is 2.58 bits per heavy atom. The lowest BCUT2D eigenvalue weighted by molar-refractivity contribution is 0.344. The van der Waals surface area contributed by atoms with Gasteiger partial charge >= 0.3 is 10.4 Å². The van der Waals surface area contributed by atoms with E-state index in [1.165, 1.54) is 45.8 Å². The van der Waals surface area contributed by atoms with E-state index in [2.05, 4.69) is 4.18 Å². The third-order valence-corrected chi connectivity index (χ3v) is 13.7. The van der Waals surface area contributed by atoms with Crippen LogP contribution in [0.5, 0.6) is 0 Å². The lowest BCUT2D eigenvalue weighted by atomic mass is 10.1. The summed E-state index contributed by atoms with van der Waals surface area (Å²) in [6.07, 6.45) is 7.67. The molecule has 24 heavy (non-hydrogen) atoms. The molecule has 0 saturated heterocycles. The van der Waals surface area contributed by atoms with Crippen molar-refractivity contribution in [3.05, 3.63) is 31.4 Å². The quantitative estimate of drug-likeness (QED) is 0.429. The van der Waals surface area contributed by atoms with E-state index in [0.717, 1.165) is 24.1 Å². The monoisotopic (exact) mass is 440 g/mol. The molecular weight excluding hydrogens is 425 g/mol. The molecule has 0 N–H and O–H groups in total. The number of thioether (sulfide) groups is 1. The topological polar surface area (TPSA) is 52.6 Å². The second-order valence-electron chi connectivity index (χ2n) is 5.49. The van der Waals surface area contributed by atoms with E-state index >= 15 is 0 Å². The first-order valence-electron chi connectivity index (χ1n) is 7.42. The summed E-state index contributed by atoms with van der Waals surface area (Å²) in [5.74, 6) is 0. The maximum atomic E-state index is 11.7. The zero-order valence-corrected chi connectivity index (χ0v) is 18.0. The first-order chi connectivity index (χ1) is 11.5. The van der Waals surface area contributed by atoms with Gasteiger partial charge in [0, 0.05) is 24.5 Å². The number of hydrogen-bond acceptors (Lipinski definition) is 8. The van der Waals surface area contributed by atoms with Crippen LogP contribution in [0.4, 0.5) is 0 Å². The molecule has 0 aromatic rings. The van der Waals surface area contributed by atoms with Crippen molar-refractivity contribution in [1.29, 1.82) is 0 Å². The van der Waals surface area contributed by atoms with Gasteiger partial charge in [0.05, 0.1) is 11.3 Å². The minimum atomic E-state index is -3.93. The molecule has 10 heteroatoms. The van der Waals surface area contributed by atoms with Gasteiger partial charge in [-0.05, 0) is 65.9 Å². The molecule has 0 saturated carbocycles. The predicted octanol–water partition coefficient (Wildman–Crippen LogP) is 5.37. The fourth-order valence-electron chi connectivity index (χ4n) is 3.15. The zero-order valence-electron chi connectivity index (χ0n) is 13.1. The summed E-state index contributed by atoms with van der Waals surface area (Å²) in [6, 6.07) is 0. The Morgan fingerprint density at radius 2 is 1.83 bits per heavy atom. The average Bonchev–Trinajstić information content (AvgIpc) is 3.27. The van der Waals surface area contributed by atoms with E-state index in [0.29, 0.717) is 0 Å². The van der Waals surface area contributed by atoms with E-state index in [9.17, 15) is 8.42 Å². The van der Waals surface area contributed by atoms with Crippen LogP contribution >= 0.6 is 53.9 Å². The molecule has 2 aliphatic carbocycles. The Bertz CT molecular complexity index is 833. The summed E-state index contributed by atoms with van der Waals surface area (Å²) < 4.78 is 34.2. The van der Waals surface area contributed by atoms with Crippen molar-refractivity contribution >= 4 is 68.5 Å². The third kappa shape index (κ3) is 3.11. The molecule has 4 rings (SSSR count). The van der Waals surface area contributed by atoms with Crippen LogP contribution in [-0.2, 0) is 18.2 Å². The minimum absolute atomic E-state index is 0.827. The first-order valence-corrected chi connectivity index (χ1v) is 14.6. The summed E-state index contributed by atoms with van der Waals surface area (Å²) in [6.45, 7) is 0. The van der Waals surface area contributed by atoms with Gasteiger partial charge in [0.2, 0.25) is 0 Å². The van der Waals surface area contributed by atoms with E-state index in [-0.39, 0.29) is 0 Å². The summed E-state index contributed by atoms with van der Waals surface area (Å²) >= 11 is 1.59. The molecule has 1 atom stereocenters. The van der Waals surface area contributed by atoms with E-state index in [1.807, 2.05) is 27.8 Å². The van der Waals surface area contributed by atoms with Gasteiger partial charge in [0.25, 0.3) is 0 Å². The fourth-order valence-corrected chi connectivity index (χ4v) is 13.5. The fraction of sp³-hybridized carbons (Fsp3) is 0.500. The van der Waals surface area contributed by atoms with Crippen molar-refractivity contribution in [2.75, 3.05) is 13.4 Å². The molecule has 0 fully saturated rings. The molecule has 2 heterocycles. The maximum Gasteiger partial charge on any atom is 0.410 e. The van der Waals surface area contributed by atoms with E-state index < -0.39 is 20.2 Å². The normalized spacial score (nSPS) is 29.9. The molecule has 1 unspecified atom stereocenters. The highest BCUT2D eigenvalue weighted by Crippen LogP contribution is 2.63. The number of allylic oxidation sites excluding steroid dienone is 3. The second kappa shape index (κ2) is 7.03. The van der Waals surface area contributed by atoms with Gasteiger partial charge in [0.1, 0.15) is 0 Å². The lowest BCUT2D eigenvalue weighted by Crippen LogP contribution is -2.04. The van der Waals surface area contributed by atoms with Crippen LogP contribution in [0.15, 0.2) is 31.4 Å². The molecule has 0 radical (unpaired) electrons. The molecule has 4 nitrogen and oxygen atoms in total. The SMILES string of the molecule is COS(=O)(=O)OS1=C(SC)C2=C(S1)/C(=C1\SSC3=C1CCC3)CC2. The standard InChI is InChI=1S/C14H16O4S6/c1-17-24(15,16)18-23-14(19-2)10-7-6-9(13(10)22-23)12-8-4-3-5-11(8)20-21-12/h3-7H2,1-2H3/b12-9-. The van der Waals surface area contributed by atoms with Crippen LogP contribution in [-0.4, -0.2) is 26.0 Å². The third-order valence-electron chi connectivity index (χ3n) is 4.21. The van der Waals surface area contributed by atoms with Crippen molar-refractivity contribution in [3.63, 3.8) is 0 Å². The summed E-state index contributed by atoms with van der Waals surface area (Å²) in [5, 5.41) is 0. The van der Waals surface area contributed by atoms with Crippen molar-refractivity contribution in [2.24, 2.45) is 0 Å². The molecule has 0 amide bonds. The number of rotatable bonds is 3. The van der Waals surface area contributed by atoms with Crippen LogP contribution in [0.3, 0.4) is 0 Å². The van der Waals surface area contributed by atoms with Crippen LogP contribution in [0.25, 0.3) is 0 Å². The molecule has 0 bridgehead atoms. The molecule has 132 valence electrons. The lowest BCUT2D eigenvalue weighted by Gasteiger charge is -2.11. The zero-order chi connectivity index (χ0) is 16.9. The highest BCUT2D eigenvalue weighted by molar-refractivity contribution is 8.86. The molecular formula is C14H16O4S6. The summed E-state index contributed by atoms with van der Waals surface area (Å²) in [5.41, 5.74) is 4.22. The van der Waals surface area contributed by atoms with Gasteiger partial charge in [-0.15, -0.1) is 11.8 Å². The van der Waals surface area contributed by atoms with Gasteiger partial charge in [0.15, 0.2) is 0 Å². The second-order valence-corrected chi connectivity index (χ2v) is 13.4. The van der Waals surface area contributed by atoms with Crippen molar-refractivity contribution < 1.29 is 16.2 Å². The maximum absolute atomic E-state index is 11.7. The predicted molar refractivity (Wildman–Crippen MR) is 110 cm³/mol. The Hall–Kier alpha value is 0.710. The van der Waals surface area contributed by atoms with Crippen molar-refractivity contribution in [1.82, 2.24) is 0 Å². The van der Waals surface area contributed by atoms with Crippen molar-refractivity contribution in [3.8, 4) is 0 Å². The Balaban J connectivity index is 1.68. The number of hydrogen-bond donors (Lipinski definition) is 0. The first kappa shape index (κ1) is 18.1. The molecule has 0 spiro atoms. The Kier molecular flexibility index (Phi) is 5.30. The van der Waals surface area contributed by atoms with Crippen LogP contribution in [0.2, 0.25) is 0 Å². The minimum Gasteiger partial charge on any atom is -0.251 e. The highest BCUT2D eigenvalue weighted by atomic mass is 33.1. The molecule has 0 aromatic carbocycles. The van der Waals surface area contributed by atoms with Gasteiger partial charge in [-0.1, -0.05) is 21.6 Å². The molecule has 4 aliphatic rings. The van der Waals surface area contributed by atoms with Gasteiger partial charge in [-0.3, -0.25) is 4.18 Å². The van der Waals surface area contributed by atoms with Crippen molar-refractivity contribution in [2.45, 2.75) is 32.1 Å². The van der Waals surface area contributed by atoms with Crippen LogP contribution in [0, 0.1) is 0 Å². The van der Waals surface area contributed by atoms with Crippen LogP contribution < -0.4 is 0 Å². The largest absolute Gasteiger partial charge is 0.410 e. The van der Waals surface area contributed by atoms with E-state index in [1.54, 1.807) is 27.5 Å². The highest BCUT2D eigenvalue weighted by Gasteiger charge is 2.38. The van der Waals surface area contributed by atoms with Gasteiger partial charge < -0.3 is 0 Å². The Labute approximate surface area is 160 Å². The summed E-state index contributed by atoms with van der Waals surface area (Å²) in [4.78, 5) is 4.23. The van der Waals surface area contributed by atoms with Gasteiger partial charge in [-0.2, -0.15) is 12.0 Å².